The van der Waals surface area contributed by atoms with Crippen LogP contribution in [-0.4, -0.2) is 9.13 Å². The Hall–Kier alpha value is -9.96. The van der Waals surface area contributed by atoms with Crippen LogP contribution in [0.15, 0.2) is 271 Å². The molecule has 3 aromatic heterocycles. The molecule has 1 aliphatic carbocycles. The first kappa shape index (κ1) is 42.5. The molecule has 354 valence electrons. The van der Waals surface area contributed by atoms with Crippen LogP contribution < -0.4 is 0 Å². The molecule has 0 N–H and O–H groups in total. The van der Waals surface area contributed by atoms with Crippen molar-refractivity contribution in [1.82, 2.24) is 9.13 Å². The number of nitrogens with zero attached hydrogens (tertiary/aromatic N) is 2. The highest BCUT2D eigenvalue weighted by atomic mass is 16.3. The first-order chi connectivity index (χ1) is 37.7. The SMILES string of the molecule is c1ccc(-c2cc(-c3ccccc3)cc(-c3cc(-c4cccc5oc6cc7c8ccccc8n(-c8ccccc8)c7cc6c45)ccc3-c3cccc4c3-c3cc5c(cc3C4)c3ccccc3n5-c3ccccc3)c2)cc1. The third kappa shape index (κ3) is 6.56. The molecule has 0 bridgehead atoms. The van der Waals surface area contributed by atoms with E-state index in [0.717, 1.165) is 61.9 Å². The van der Waals surface area contributed by atoms with Crippen molar-refractivity contribution in [3.63, 3.8) is 0 Å². The zero-order valence-electron chi connectivity index (χ0n) is 41.4. The predicted molar refractivity (Wildman–Crippen MR) is 318 cm³/mol. The first-order valence-electron chi connectivity index (χ1n) is 26.3. The summed E-state index contributed by atoms with van der Waals surface area (Å²) < 4.78 is 11.7. The summed E-state index contributed by atoms with van der Waals surface area (Å²) in [7, 11) is 0. The summed E-state index contributed by atoms with van der Waals surface area (Å²) in [5.74, 6) is 0. The Balaban J connectivity index is 0.954. The van der Waals surface area contributed by atoms with Crippen LogP contribution >= 0.6 is 0 Å². The molecule has 76 heavy (non-hydrogen) atoms. The van der Waals surface area contributed by atoms with E-state index in [0.29, 0.717) is 0 Å². The minimum Gasteiger partial charge on any atom is -0.456 e. The molecule has 15 aromatic rings. The van der Waals surface area contributed by atoms with Crippen LogP contribution in [0.1, 0.15) is 11.1 Å². The Morgan fingerprint density at radius 1 is 0.263 bits per heavy atom. The van der Waals surface area contributed by atoms with Crippen LogP contribution in [-0.2, 0) is 6.42 Å². The van der Waals surface area contributed by atoms with Gasteiger partial charge in [-0.05, 0) is 175 Å². The molecule has 3 heterocycles. The lowest BCUT2D eigenvalue weighted by Crippen LogP contribution is -1.94. The zero-order valence-corrected chi connectivity index (χ0v) is 41.4. The van der Waals surface area contributed by atoms with Crippen LogP contribution in [0, 0.1) is 0 Å². The van der Waals surface area contributed by atoms with Crippen LogP contribution in [0.3, 0.4) is 0 Å². The molecule has 0 radical (unpaired) electrons. The van der Waals surface area contributed by atoms with Crippen molar-refractivity contribution in [1.29, 1.82) is 0 Å². The van der Waals surface area contributed by atoms with E-state index >= 15 is 0 Å². The fourth-order valence-corrected chi connectivity index (χ4v) is 12.7. The average molecular weight is 967 g/mol. The minimum atomic E-state index is 0.871. The Labute approximate surface area is 439 Å². The molecule has 0 fully saturated rings. The normalized spacial score (nSPS) is 12.2. The highest BCUT2D eigenvalue weighted by molar-refractivity contribution is 6.20. The van der Waals surface area contributed by atoms with E-state index in [2.05, 4.69) is 276 Å². The molecule has 0 amide bonds. The van der Waals surface area contributed by atoms with Gasteiger partial charge in [0.05, 0.1) is 22.1 Å². The summed E-state index contributed by atoms with van der Waals surface area (Å²) in [5.41, 5.74) is 25.8. The molecular formula is C73H46N2O. The minimum absolute atomic E-state index is 0.871. The van der Waals surface area contributed by atoms with Crippen LogP contribution in [0.5, 0.6) is 0 Å². The molecule has 3 heteroatoms. The second kappa shape index (κ2) is 16.8. The Morgan fingerprint density at radius 2 is 0.816 bits per heavy atom. The van der Waals surface area contributed by atoms with Gasteiger partial charge in [-0.15, -0.1) is 0 Å². The van der Waals surface area contributed by atoms with Crippen LogP contribution in [0.2, 0.25) is 0 Å². The lowest BCUT2D eigenvalue weighted by atomic mass is 9.85. The van der Waals surface area contributed by atoms with Crippen molar-refractivity contribution in [2.24, 2.45) is 0 Å². The summed E-state index contributed by atoms with van der Waals surface area (Å²) in [5, 5.41) is 7.14. The summed E-state index contributed by atoms with van der Waals surface area (Å²) in [6.07, 6.45) is 0.875. The monoisotopic (exact) mass is 966 g/mol. The predicted octanol–water partition coefficient (Wildman–Crippen LogP) is 19.7. The number of hydrogen-bond donors (Lipinski definition) is 0. The third-order valence-electron chi connectivity index (χ3n) is 16.1. The van der Waals surface area contributed by atoms with Crippen molar-refractivity contribution in [3.05, 3.63) is 278 Å². The van der Waals surface area contributed by atoms with Gasteiger partial charge in [0.2, 0.25) is 0 Å². The molecule has 0 spiro atoms. The van der Waals surface area contributed by atoms with Gasteiger partial charge in [-0.3, -0.25) is 0 Å². The standard InChI is InChI=1S/C73H46N2O/c1-5-19-46(20-6-1)50-38-51(47-21-7-2-8-22-47)40-52(39-50)61-41-48(56-30-18-34-70-73(56)65-44-69-64(45-71(65)76-70)59-29-14-16-33-67(59)75(69)55-26-11-4-12-27-55)35-36-57(61)60-31-17-23-49-37-53-42-63-58-28-13-15-32-66(58)74(54-24-9-3-10-25-54)68(63)43-62(53)72(49)60/h1-36,38-45H,37H2. The smallest absolute Gasteiger partial charge is 0.136 e. The Kier molecular flexibility index (Phi) is 9.40. The topological polar surface area (TPSA) is 23.0 Å². The third-order valence-corrected chi connectivity index (χ3v) is 16.1. The van der Waals surface area contributed by atoms with Gasteiger partial charge in [0.1, 0.15) is 11.2 Å². The van der Waals surface area contributed by atoms with E-state index in [4.69, 9.17) is 4.42 Å². The van der Waals surface area contributed by atoms with Crippen molar-refractivity contribution in [2.45, 2.75) is 6.42 Å². The number of hydrogen-bond acceptors (Lipinski definition) is 1. The van der Waals surface area contributed by atoms with Crippen molar-refractivity contribution < 1.29 is 4.42 Å². The number of furan rings is 1. The van der Waals surface area contributed by atoms with Gasteiger partial charge in [-0.2, -0.15) is 0 Å². The van der Waals surface area contributed by atoms with Gasteiger partial charge < -0.3 is 13.6 Å². The molecule has 16 rings (SSSR count). The molecule has 0 saturated heterocycles. The highest BCUT2D eigenvalue weighted by Gasteiger charge is 2.27. The Bertz CT molecular complexity index is 4750. The number of aromatic nitrogens is 2. The molecule has 0 unspecified atom stereocenters. The van der Waals surface area contributed by atoms with Crippen molar-refractivity contribution in [3.8, 4) is 78.1 Å². The van der Waals surface area contributed by atoms with Crippen molar-refractivity contribution >= 4 is 65.6 Å². The summed E-state index contributed by atoms with van der Waals surface area (Å²) in [6, 6.07) is 98.1. The fourth-order valence-electron chi connectivity index (χ4n) is 12.7. The van der Waals surface area contributed by atoms with E-state index in [9.17, 15) is 0 Å². The number of rotatable bonds is 7. The molecular weight excluding hydrogens is 921 g/mol. The lowest BCUT2D eigenvalue weighted by Gasteiger charge is -2.19. The Morgan fingerprint density at radius 3 is 1.47 bits per heavy atom. The van der Waals surface area contributed by atoms with E-state index in [1.54, 1.807) is 0 Å². The summed E-state index contributed by atoms with van der Waals surface area (Å²) >= 11 is 0. The lowest BCUT2D eigenvalue weighted by molar-refractivity contribution is 0.669. The molecule has 0 saturated carbocycles. The quantitative estimate of drug-likeness (QED) is 0.156. The largest absolute Gasteiger partial charge is 0.456 e. The molecule has 1 aliphatic rings. The fraction of sp³-hybridized carbons (Fsp3) is 0.0137. The van der Waals surface area contributed by atoms with Gasteiger partial charge in [0, 0.05) is 43.7 Å². The van der Waals surface area contributed by atoms with Crippen LogP contribution in [0.4, 0.5) is 0 Å². The highest BCUT2D eigenvalue weighted by Crippen LogP contribution is 2.50. The van der Waals surface area contributed by atoms with E-state index in [1.807, 2.05) is 0 Å². The van der Waals surface area contributed by atoms with Crippen molar-refractivity contribution in [2.75, 3.05) is 0 Å². The number of benzene rings is 12. The van der Waals surface area contributed by atoms with E-state index < -0.39 is 0 Å². The number of para-hydroxylation sites is 4. The van der Waals surface area contributed by atoms with Gasteiger partial charge in [-0.25, -0.2) is 0 Å². The van der Waals surface area contributed by atoms with E-state index in [-0.39, 0.29) is 0 Å². The van der Waals surface area contributed by atoms with Crippen LogP contribution in [0.25, 0.3) is 144 Å². The maximum Gasteiger partial charge on any atom is 0.136 e. The summed E-state index contributed by atoms with van der Waals surface area (Å²) in [4.78, 5) is 0. The zero-order chi connectivity index (χ0) is 49.8. The summed E-state index contributed by atoms with van der Waals surface area (Å²) in [6.45, 7) is 0. The van der Waals surface area contributed by atoms with Gasteiger partial charge in [0.15, 0.2) is 0 Å². The van der Waals surface area contributed by atoms with Gasteiger partial charge in [0.25, 0.3) is 0 Å². The average Bonchev–Trinajstić information content (AvgIpc) is 4.25. The maximum atomic E-state index is 6.88. The number of fused-ring (bicyclic) bond motifs is 12. The van der Waals surface area contributed by atoms with Gasteiger partial charge >= 0.3 is 0 Å². The molecule has 0 atom stereocenters. The molecule has 12 aromatic carbocycles. The molecule has 0 aliphatic heterocycles. The molecule has 3 nitrogen and oxygen atoms in total. The van der Waals surface area contributed by atoms with Gasteiger partial charge in [-0.1, -0.05) is 176 Å². The second-order valence-electron chi connectivity index (χ2n) is 20.4. The maximum absolute atomic E-state index is 6.88. The first-order valence-corrected chi connectivity index (χ1v) is 26.3. The van der Waals surface area contributed by atoms with E-state index in [1.165, 1.54) is 99.3 Å². The second-order valence-corrected chi connectivity index (χ2v) is 20.4.